The number of rotatable bonds is 6. The SMILES string of the molecule is CCOc1cc(/C=C2\N=C(c3ccccc3Cl)OC2=O)ccc1OC(=O)c1ccc(Cl)c(Cl)c1. The van der Waals surface area contributed by atoms with Crippen molar-refractivity contribution < 1.29 is 23.8 Å². The third kappa shape index (κ3) is 5.25. The third-order valence-electron chi connectivity index (χ3n) is 4.65. The number of aliphatic imine (C=N–C) groups is 1. The van der Waals surface area contributed by atoms with Gasteiger partial charge in [-0.3, -0.25) is 0 Å². The molecular formula is C25H16Cl3NO5. The Kier molecular flexibility index (Phi) is 7.22. The average molecular weight is 517 g/mol. The van der Waals surface area contributed by atoms with E-state index in [-0.39, 0.29) is 27.9 Å². The lowest BCUT2D eigenvalue weighted by atomic mass is 10.1. The summed E-state index contributed by atoms with van der Waals surface area (Å²) in [4.78, 5) is 29.2. The highest BCUT2D eigenvalue weighted by Crippen LogP contribution is 2.32. The Morgan fingerprint density at radius 2 is 1.76 bits per heavy atom. The maximum Gasteiger partial charge on any atom is 0.363 e. The largest absolute Gasteiger partial charge is 0.490 e. The zero-order chi connectivity index (χ0) is 24.2. The summed E-state index contributed by atoms with van der Waals surface area (Å²) < 4.78 is 16.4. The first-order chi connectivity index (χ1) is 16.4. The number of hydrogen-bond donors (Lipinski definition) is 0. The Morgan fingerprint density at radius 3 is 2.50 bits per heavy atom. The predicted molar refractivity (Wildman–Crippen MR) is 131 cm³/mol. The van der Waals surface area contributed by atoms with E-state index in [0.29, 0.717) is 33.5 Å². The van der Waals surface area contributed by atoms with Gasteiger partial charge in [0.1, 0.15) is 0 Å². The van der Waals surface area contributed by atoms with Gasteiger partial charge in [0.15, 0.2) is 17.2 Å². The number of carbonyl (C=O) groups is 2. The number of halogens is 3. The van der Waals surface area contributed by atoms with Gasteiger partial charge in [0.2, 0.25) is 5.90 Å². The van der Waals surface area contributed by atoms with E-state index >= 15 is 0 Å². The first kappa shape index (κ1) is 23.8. The van der Waals surface area contributed by atoms with E-state index in [4.69, 9.17) is 49.0 Å². The number of ether oxygens (including phenoxy) is 3. The topological polar surface area (TPSA) is 74.2 Å². The second-order valence-corrected chi connectivity index (χ2v) is 8.20. The molecule has 172 valence electrons. The van der Waals surface area contributed by atoms with Gasteiger partial charge in [-0.05, 0) is 61.0 Å². The minimum Gasteiger partial charge on any atom is -0.490 e. The summed E-state index contributed by atoms with van der Waals surface area (Å²) in [5.41, 5.74) is 1.44. The van der Waals surface area contributed by atoms with Gasteiger partial charge in [-0.15, -0.1) is 0 Å². The van der Waals surface area contributed by atoms with Crippen LogP contribution < -0.4 is 9.47 Å². The fraction of sp³-hybridized carbons (Fsp3) is 0.0800. The van der Waals surface area contributed by atoms with E-state index in [0.717, 1.165) is 0 Å². The number of hydrogen-bond acceptors (Lipinski definition) is 6. The van der Waals surface area contributed by atoms with Crippen molar-refractivity contribution >= 4 is 58.7 Å². The Hall–Kier alpha value is -3.32. The second kappa shape index (κ2) is 10.3. The molecule has 3 aromatic carbocycles. The molecule has 1 heterocycles. The molecule has 0 N–H and O–H groups in total. The van der Waals surface area contributed by atoms with E-state index in [1.807, 2.05) is 0 Å². The lowest BCUT2D eigenvalue weighted by Gasteiger charge is -2.12. The number of cyclic esters (lactones) is 1. The van der Waals surface area contributed by atoms with Crippen molar-refractivity contribution in [3.05, 3.63) is 98.1 Å². The van der Waals surface area contributed by atoms with Crippen LogP contribution in [-0.4, -0.2) is 24.4 Å². The van der Waals surface area contributed by atoms with Gasteiger partial charge in [-0.2, -0.15) is 0 Å². The molecule has 0 unspecified atom stereocenters. The normalized spacial score (nSPS) is 14.1. The maximum absolute atomic E-state index is 12.6. The molecule has 0 amide bonds. The van der Waals surface area contributed by atoms with Gasteiger partial charge in [-0.1, -0.05) is 53.0 Å². The average Bonchev–Trinajstić information content (AvgIpc) is 3.17. The molecule has 0 fully saturated rings. The first-order valence-corrected chi connectivity index (χ1v) is 11.2. The van der Waals surface area contributed by atoms with Gasteiger partial charge >= 0.3 is 11.9 Å². The highest BCUT2D eigenvalue weighted by Gasteiger charge is 2.25. The van der Waals surface area contributed by atoms with Gasteiger partial charge in [0, 0.05) is 0 Å². The van der Waals surface area contributed by atoms with Crippen LogP contribution in [0.1, 0.15) is 28.4 Å². The van der Waals surface area contributed by atoms with E-state index in [9.17, 15) is 9.59 Å². The lowest BCUT2D eigenvalue weighted by molar-refractivity contribution is -0.129. The molecule has 6 nitrogen and oxygen atoms in total. The number of esters is 2. The molecule has 4 rings (SSSR count). The van der Waals surface area contributed by atoms with Crippen LogP contribution in [0.25, 0.3) is 6.08 Å². The molecule has 1 aliphatic heterocycles. The summed E-state index contributed by atoms with van der Waals surface area (Å²) >= 11 is 18.1. The van der Waals surface area contributed by atoms with Gasteiger partial charge in [0.25, 0.3) is 0 Å². The quantitative estimate of drug-likeness (QED) is 0.209. The van der Waals surface area contributed by atoms with Crippen molar-refractivity contribution in [3.63, 3.8) is 0 Å². The summed E-state index contributed by atoms with van der Waals surface area (Å²) in [5, 5.41) is 0.988. The van der Waals surface area contributed by atoms with Crippen LogP contribution in [0.4, 0.5) is 0 Å². The molecule has 9 heteroatoms. The minimum atomic E-state index is -0.626. The van der Waals surface area contributed by atoms with Crippen LogP contribution in [0.2, 0.25) is 15.1 Å². The second-order valence-electron chi connectivity index (χ2n) is 6.97. The van der Waals surface area contributed by atoms with Crippen LogP contribution in [0.3, 0.4) is 0 Å². The third-order valence-corrected chi connectivity index (χ3v) is 5.72. The molecular weight excluding hydrogens is 501 g/mol. The summed E-state index contributed by atoms with van der Waals surface area (Å²) in [6.07, 6.45) is 1.54. The minimum absolute atomic E-state index is 0.0953. The smallest absolute Gasteiger partial charge is 0.363 e. The lowest BCUT2D eigenvalue weighted by Crippen LogP contribution is -2.09. The standard InChI is InChI=1S/C25H16Cl3NO5/c1-2-32-22-12-14(7-10-21(22)33-24(30)15-8-9-18(27)19(28)13-15)11-20-25(31)34-23(29-20)16-5-3-4-6-17(16)26/h3-13H,2H2,1H3/b20-11-. The Bertz CT molecular complexity index is 1350. The summed E-state index contributed by atoms with van der Waals surface area (Å²) in [6.45, 7) is 2.12. The van der Waals surface area contributed by atoms with Crippen molar-refractivity contribution in [3.8, 4) is 11.5 Å². The van der Waals surface area contributed by atoms with Crippen LogP contribution in [0.5, 0.6) is 11.5 Å². The zero-order valence-corrected chi connectivity index (χ0v) is 19.9. The molecule has 0 aliphatic carbocycles. The fourth-order valence-corrected chi connectivity index (χ4v) is 3.58. The first-order valence-electron chi connectivity index (χ1n) is 10.1. The highest BCUT2D eigenvalue weighted by molar-refractivity contribution is 6.42. The highest BCUT2D eigenvalue weighted by atomic mass is 35.5. The number of carbonyl (C=O) groups excluding carboxylic acids is 2. The van der Waals surface area contributed by atoms with Crippen LogP contribution in [0, 0.1) is 0 Å². The van der Waals surface area contributed by atoms with Crippen LogP contribution >= 0.6 is 34.8 Å². The van der Waals surface area contributed by atoms with E-state index in [1.54, 1.807) is 55.5 Å². The molecule has 3 aromatic rings. The van der Waals surface area contributed by atoms with Gasteiger partial charge in [-0.25, -0.2) is 14.6 Å². The van der Waals surface area contributed by atoms with Gasteiger partial charge < -0.3 is 14.2 Å². The molecule has 0 aromatic heterocycles. The molecule has 0 atom stereocenters. The van der Waals surface area contributed by atoms with E-state index in [1.165, 1.54) is 18.2 Å². The van der Waals surface area contributed by atoms with E-state index < -0.39 is 11.9 Å². The van der Waals surface area contributed by atoms with Crippen molar-refractivity contribution in [2.75, 3.05) is 6.61 Å². The Balaban J connectivity index is 1.60. The summed E-state index contributed by atoms with van der Waals surface area (Å²) in [6, 6.07) is 16.2. The van der Waals surface area contributed by atoms with Crippen LogP contribution in [0.15, 0.2) is 71.4 Å². The molecule has 0 bridgehead atoms. The maximum atomic E-state index is 12.6. The number of benzene rings is 3. The summed E-state index contributed by atoms with van der Waals surface area (Å²) in [5.74, 6) is -0.595. The van der Waals surface area contributed by atoms with Crippen molar-refractivity contribution in [1.29, 1.82) is 0 Å². The summed E-state index contributed by atoms with van der Waals surface area (Å²) in [7, 11) is 0. The zero-order valence-electron chi connectivity index (χ0n) is 17.7. The Morgan fingerprint density at radius 1 is 0.971 bits per heavy atom. The number of nitrogens with zero attached hydrogens (tertiary/aromatic N) is 1. The predicted octanol–water partition coefficient (Wildman–Crippen LogP) is 6.61. The molecule has 1 aliphatic rings. The van der Waals surface area contributed by atoms with Crippen molar-refractivity contribution in [1.82, 2.24) is 0 Å². The van der Waals surface area contributed by atoms with Gasteiger partial charge in [0.05, 0.1) is 32.8 Å². The van der Waals surface area contributed by atoms with E-state index in [2.05, 4.69) is 4.99 Å². The Labute approximate surface area is 210 Å². The molecule has 0 saturated heterocycles. The molecule has 0 saturated carbocycles. The molecule has 0 radical (unpaired) electrons. The van der Waals surface area contributed by atoms with Crippen LogP contribution in [-0.2, 0) is 9.53 Å². The molecule has 0 spiro atoms. The monoisotopic (exact) mass is 515 g/mol. The van der Waals surface area contributed by atoms with Crippen molar-refractivity contribution in [2.45, 2.75) is 6.92 Å². The van der Waals surface area contributed by atoms with Crippen molar-refractivity contribution in [2.24, 2.45) is 4.99 Å². The fourth-order valence-electron chi connectivity index (χ4n) is 3.07. The molecule has 34 heavy (non-hydrogen) atoms.